The Morgan fingerprint density at radius 2 is 2.10 bits per heavy atom. The smallest absolute Gasteiger partial charge is 0.123 e. The molecule has 108 valence electrons. The summed E-state index contributed by atoms with van der Waals surface area (Å²) in [6, 6.07) is 4.32. The topological polar surface area (TPSA) is 33.1 Å². The number of aromatic nitrogens is 1. The van der Waals surface area contributed by atoms with Gasteiger partial charge in [-0.3, -0.25) is 0 Å². The Morgan fingerprint density at radius 1 is 1.40 bits per heavy atom. The Kier molecular flexibility index (Phi) is 4.62. The molecule has 0 saturated heterocycles. The van der Waals surface area contributed by atoms with Crippen LogP contribution in [-0.4, -0.2) is 10.1 Å². The van der Waals surface area contributed by atoms with Crippen LogP contribution in [0.2, 0.25) is 0 Å². The van der Waals surface area contributed by atoms with Gasteiger partial charge >= 0.3 is 0 Å². The van der Waals surface area contributed by atoms with Gasteiger partial charge in [0.1, 0.15) is 5.82 Å². The van der Waals surface area contributed by atoms with Crippen molar-refractivity contribution in [1.82, 2.24) is 4.98 Å². The summed E-state index contributed by atoms with van der Waals surface area (Å²) < 4.78 is 14.0. The number of rotatable bonds is 3. The van der Waals surface area contributed by atoms with Crippen molar-refractivity contribution in [1.29, 1.82) is 0 Å². The summed E-state index contributed by atoms with van der Waals surface area (Å²) in [5, 5.41) is 13.1. The molecule has 5 heteroatoms. The lowest BCUT2D eigenvalue weighted by molar-refractivity contribution is 0.177. The van der Waals surface area contributed by atoms with Crippen LogP contribution in [0.25, 0.3) is 0 Å². The zero-order chi connectivity index (χ0) is 14.9. The summed E-state index contributed by atoms with van der Waals surface area (Å²) in [5.74, 6) is -0.350. The van der Waals surface area contributed by atoms with Crippen LogP contribution in [-0.2, 0) is 11.8 Å². The molecule has 0 spiro atoms. The predicted molar refractivity (Wildman–Crippen MR) is 83.6 cm³/mol. The number of aliphatic hydroxyl groups is 1. The van der Waals surface area contributed by atoms with E-state index in [1.165, 1.54) is 23.5 Å². The lowest BCUT2D eigenvalue weighted by Crippen LogP contribution is -2.12. The van der Waals surface area contributed by atoms with Crippen molar-refractivity contribution in [3.8, 4) is 0 Å². The Labute approximate surface area is 130 Å². The second-order valence-electron chi connectivity index (χ2n) is 5.76. The highest BCUT2D eigenvalue weighted by Crippen LogP contribution is 2.29. The summed E-state index contributed by atoms with van der Waals surface area (Å²) in [6.45, 7) is 6.31. The third-order valence-corrected chi connectivity index (χ3v) is 4.60. The number of hydrogen-bond acceptors (Lipinski definition) is 3. The van der Waals surface area contributed by atoms with Crippen LogP contribution in [0.5, 0.6) is 0 Å². The quantitative estimate of drug-likeness (QED) is 0.869. The highest BCUT2D eigenvalue weighted by atomic mass is 79.9. The molecule has 2 nitrogen and oxygen atoms in total. The zero-order valence-corrected chi connectivity index (χ0v) is 14.1. The minimum absolute atomic E-state index is 0.000852. The van der Waals surface area contributed by atoms with Gasteiger partial charge < -0.3 is 5.11 Å². The molecule has 0 aliphatic carbocycles. The minimum Gasteiger partial charge on any atom is -0.388 e. The molecule has 1 heterocycles. The van der Waals surface area contributed by atoms with Crippen molar-refractivity contribution in [3.63, 3.8) is 0 Å². The monoisotopic (exact) mass is 357 g/mol. The largest absolute Gasteiger partial charge is 0.388 e. The molecule has 2 rings (SSSR count). The van der Waals surface area contributed by atoms with Crippen molar-refractivity contribution >= 4 is 27.3 Å². The van der Waals surface area contributed by atoms with Crippen LogP contribution in [0.1, 0.15) is 43.1 Å². The predicted octanol–water partition coefficient (Wildman–Crippen LogP) is 4.62. The van der Waals surface area contributed by atoms with Crippen molar-refractivity contribution in [2.45, 2.75) is 38.7 Å². The zero-order valence-electron chi connectivity index (χ0n) is 11.7. The molecule has 0 saturated carbocycles. The summed E-state index contributed by atoms with van der Waals surface area (Å²) in [5.41, 5.74) is 1.57. The highest BCUT2D eigenvalue weighted by Gasteiger charge is 2.20. The molecule has 0 fully saturated rings. The lowest BCUT2D eigenvalue weighted by atomic mass is 9.93. The Bertz CT molecular complexity index is 606. The molecule has 0 amide bonds. The molecule has 20 heavy (non-hydrogen) atoms. The van der Waals surface area contributed by atoms with Crippen LogP contribution < -0.4 is 0 Å². The van der Waals surface area contributed by atoms with Gasteiger partial charge in [0.05, 0.1) is 16.8 Å². The van der Waals surface area contributed by atoms with E-state index in [0.29, 0.717) is 16.5 Å². The molecule has 1 atom stereocenters. The number of benzene rings is 1. The Balaban J connectivity index is 2.17. The molecule has 1 aromatic heterocycles. The fourth-order valence-electron chi connectivity index (χ4n) is 1.79. The van der Waals surface area contributed by atoms with Crippen LogP contribution in [0.3, 0.4) is 0 Å². The SMILES string of the molecule is CC(C)(C)c1csc(CC(O)c2cc(F)ccc2Br)n1. The van der Waals surface area contributed by atoms with Crippen LogP contribution in [0.15, 0.2) is 28.1 Å². The number of nitrogens with zero attached hydrogens (tertiary/aromatic N) is 1. The molecule has 2 aromatic rings. The normalized spacial score (nSPS) is 13.5. The van der Waals surface area contributed by atoms with E-state index in [9.17, 15) is 9.50 Å². The van der Waals surface area contributed by atoms with Crippen LogP contribution in [0.4, 0.5) is 4.39 Å². The Morgan fingerprint density at radius 3 is 2.70 bits per heavy atom. The molecular weight excluding hydrogens is 341 g/mol. The van der Waals surface area contributed by atoms with Gasteiger partial charge in [-0.1, -0.05) is 36.7 Å². The van der Waals surface area contributed by atoms with Gasteiger partial charge in [-0.05, 0) is 23.8 Å². The second kappa shape index (κ2) is 5.92. The van der Waals surface area contributed by atoms with Gasteiger partial charge in [0.25, 0.3) is 0 Å². The number of halogens is 2. The van der Waals surface area contributed by atoms with Crippen LogP contribution >= 0.6 is 27.3 Å². The minimum atomic E-state index is -0.765. The van der Waals surface area contributed by atoms with E-state index in [4.69, 9.17) is 0 Å². The molecule has 0 radical (unpaired) electrons. The average Bonchev–Trinajstić information content (AvgIpc) is 2.80. The molecule has 0 aliphatic rings. The summed E-state index contributed by atoms with van der Waals surface area (Å²) in [6.07, 6.45) is -0.373. The van der Waals surface area contributed by atoms with E-state index in [1.807, 2.05) is 5.38 Å². The molecule has 1 aromatic carbocycles. The Hall–Kier alpha value is -0.780. The van der Waals surface area contributed by atoms with E-state index in [1.54, 1.807) is 6.07 Å². The summed E-state index contributed by atoms with van der Waals surface area (Å²) in [4.78, 5) is 4.55. The third-order valence-electron chi connectivity index (χ3n) is 3.01. The maximum atomic E-state index is 13.3. The lowest BCUT2D eigenvalue weighted by Gasteiger charge is -2.15. The van der Waals surface area contributed by atoms with Crippen molar-refractivity contribution < 1.29 is 9.50 Å². The van der Waals surface area contributed by atoms with Crippen molar-refractivity contribution in [2.75, 3.05) is 0 Å². The van der Waals surface area contributed by atoms with Gasteiger partial charge in [-0.15, -0.1) is 11.3 Å². The first kappa shape index (κ1) is 15.6. The maximum absolute atomic E-state index is 13.3. The molecule has 1 unspecified atom stereocenters. The van der Waals surface area contributed by atoms with Gasteiger partial charge in [0, 0.05) is 21.7 Å². The average molecular weight is 358 g/mol. The van der Waals surface area contributed by atoms with Gasteiger partial charge in [-0.25, -0.2) is 9.37 Å². The second-order valence-corrected chi connectivity index (χ2v) is 7.56. The van der Waals surface area contributed by atoms with Gasteiger partial charge in [0.2, 0.25) is 0 Å². The first-order valence-electron chi connectivity index (χ1n) is 6.35. The van der Waals surface area contributed by atoms with Crippen LogP contribution in [0, 0.1) is 5.82 Å². The maximum Gasteiger partial charge on any atom is 0.123 e. The highest BCUT2D eigenvalue weighted by molar-refractivity contribution is 9.10. The first-order chi connectivity index (χ1) is 9.27. The summed E-state index contributed by atoms with van der Waals surface area (Å²) >= 11 is 4.87. The van der Waals surface area contributed by atoms with E-state index < -0.39 is 6.10 Å². The number of hydrogen-bond donors (Lipinski definition) is 1. The van der Waals surface area contributed by atoms with Gasteiger partial charge in [0.15, 0.2) is 0 Å². The van der Waals surface area contributed by atoms with Crippen molar-refractivity contribution in [3.05, 3.63) is 50.1 Å². The standard InChI is InChI=1S/C15H17BrFNOS/c1-15(2,3)13-8-20-14(18-13)7-12(19)10-6-9(17)4-5-11(10)16/h4-6,8,12,19H,7H2,1-3H3. The van der Waals surface area contributed by atoms with E-state index in [-0.39, 0.29) is 11.2 Å². The molecule has 1 N–H and O–H groups in total. The van der Waals surface area contributed by atoms with E-state index in [2.05, 4.69) is 41.7 Å². The molecule has 0 aliphatic heterocycles. The third kappa shape index (κ3) is 3.65. The molecular formula is C15H17BrFNOS. The fourth-order valence-corrected chi connectivity index (χ4v) is 3.36. The van der Waals surface area contributed by atoms with Gasteiger partial charge in [-0.2, -0.15) is 0 Å². The summed E-state index contributed by atoms with van der Waals surface area (Å²) in [7, 11) is 0. The number of thiazole rings is 1. The van der Waals surface area contributed by atoms with E-state index >= 15 is 0 Å². The number of aliphatic hydroxyl groups excluding tert-OH is 1. The fraction of sp³-hybridized carbons (Fsp3) is 0.400. The van der Waals surface area contributed by atoms with E-state index in [0.717, 1.165) is 10.7 Å². The first-order valence-corrected chi connectivity index (χ1v) is 8.02. The molecule has 0 bridgehead atoms. The van der Waals surface area contributed by atoms with Crippen molar-refractivity contribution in [2.24, 2.45) is 0 Å².